The van der Waals surface area contributed by atoms with Gasteiger partial charge in [-0.15, -0.1) is 0 Å². The van der Waals surface area contributed by atoms with Crippen molar-refractivity contribution in [3.05, 3.63) is 28.8 Å². The highest BCUT2D eigenvalue weighted by Crippen LogP contribution is 2.36. The minimum atomic E-state index is 0.0586. The van der Waals surface area contributed by atoms with Gasteiger partial charge in [-0.3, -0.25) is 9.36 Å². The molecule has 2 aromatic rings. The molecule has 2 aromatic heterocycles. The van der Waals surface area contributed by atoms with E-state index in [4.69, 9.17) is 0 Å². The molecule has 2 fully saturated rings. The summed E-state index contributed by atoms with van der Waals surface area (Å²) in [4.78, 5) is 23.3. The molecule has 0 radical (unpaired) electrons. The second-order valence-corrected chi connectivity index (χ2v) is 5.76. The maximum atomic E-state index is 12.1. The minimum absolute atomic E-state index is 0.0586. The van der Waals surface area contributed by atoms with Crippen molar-refractivity contribution in [3.8, 4) is 0 Å². The molecule has 4 rings (SSSR count). The summed E-state index contributed by atoms with van der Waals surface area (Å²) in [6, 6.07) is 3.90. The number of piperidine rings is 1. The van der Waals surface area contributed by atoms with Gasteiger partial charge in [-0.1, -0.05) is 0 Å². The Balaban J connectivity index is 1.90. The molecule has 104 valence electrons. The molecule has 3 heterocycles. The van der Waals surface area contributed by atoms with Crippen LogP contribution in [0.3, 0.4) is 0 Å². The summed E-state index contributed by atoms with van der Waals surface area (Å²) in [5.74, 6) is 0.990. The summed E-state index contributed by atoms with van der Waals surface area (Å²) < 4.78 is 1.85. The fourth-order valence-electron chi connectivity index (χ4n) is 3.10. The molecule has 20 heavy (non-hydrogen) atoms. The van der Waals surface area contributed by atoms with Crippen LogP contribution in [0.2, 0.25) is 0 Å². The summed E-state index contributed by atoms with van der Waals surface area (Å²) >= 11 is 0. The summed E-state index contributed by atoms with van der Waals surface area (Å²) in [7, 11) is 0. The van der Waals surface area contributed by atoms with Crippen LogP contribution in [0.4, 0.5) is 5.82 Å². The Hall–Kier alpha value is -1.91. The van der Waals surface area contributed by atoms with E-state index < -0.39 is 0 Å². The van der Waals surface area contributed by atoms with Crippen molar-refractivity contribution in [2.24, 2.45) is 0 Å². The Morgan fingerprint density at radius 3 is 2.60 bits per heavy atom. The van der Waals surface area contributed by atoms with Crippen LogP contribution in [0, 0.1) is 0 Å². The van der Waals surface area contributed by atoms with E-state index in [2.05, 4.69) is 14.9 Å². The quantitative estimate of drug-likeness (QED) is 0.838. The number of rotatable bonds is 2. The molecule has 0 N–H and O–H groups in total. The lowest BCUT2D eigenvalue weighted by Gasteiger charge is -2.28. The molecule has 0 bridgehead atoms. The first-order valence-electron chi connectivity index (χ1n) is 7.46. The standard InChI is InChI=1S/C15H18N4O/c20-13-7-6-12-14(18-8-2-1-3-9-18)16-10-17-15(12)19(13)11-4-5-11/h6-7,10-11H,1-5,8-9H2. The Morgan fingerprint density at radius 2 is 1.85 bits per heavy atom. The zero-order chi connectivity index (χ0) is 13.5. The zero-order valence-corrected chi connectivity index (χ0v) is 11.5. The van der Waals surface area contributed by atoms with Crippen molar-refractivity contribution in [1.29, 1.82) is 0 Å². The number of nitrogens with zero attached hydrogens (tertiary/aromatic N) is 4. The highest BCUT2D eigenvalue weighted by molar-refractivity contribution is 5.87. The fourth-order valence-corrected chi connectivity index (χ4v) is 3.10. The molecule has 0 atom stereocenters. The smallest absolute Gasteiger partial charge is 0.252 e. The second-order valence-electron chi connectivity index (χ2n) is 5.76. The van der Waals surface area contributed by atoms with Crippen LogP contribution in [0.1, 0.15) is 38.1 Å². The average molecular weight is 270 g/mol. The fraction of sp³-hybridized carbons (Fsp3) is 0.533. The van der Waals surface area contributed by atoms with Crippen molar-refractivity contribution in [2.45, 2.75) is 38.1 Å². The van der Waals surface area contributed by atoms with Crippen molar-refractivity contribution in [2.75, 3.05) is 18.0 Å². The molecule has 0 amide bonds. The Bertz CT molecular complexity index is 699. The van der Waals surface area contributed by atoms with Gasteiger partial charge in [0.25, 0.3) is 5.56 Å². The minimum Gasteiger partial charge on any atom is -0.356 e. The first-order chi connectivity index (χ1) is 9.84. The van der Waals surface area contributed by atoms with Gasteiger partial charge in [-0.2, -0.15) is 0 Å². The predicted octanol–water partition coefficient (Wildman–Crippen LogP) is 2.12. The van der Waals surface area contributed by atoms with E-state index in [1.165, 1.54) is 19.3 Å². The highest BCUT2D eigenvalue weighted by Gasteiger charge is 2.27. The Labute approximate surface area is 117 Å². The first kappa shape index (κ1) is 11.9. The third-order valence-corrected chi connectivity index (χ3v) is 4.27. The normalized spacial score (nSPS) is 19.5. The van der Waals surface area contributed by atoms with Crippen molar-refractivity contribution in [3.63, 3.8) is 0 Å². The molecule has 0 aromatic carbocycles. The Morgan fingerprint density at radius 1 is 1.05 bits per heavy atom. The number of hydrogen-bond donors (Lipinski definition) is 0. The van der Waals surface area contributed by atoms with Gasteiger partial charge in [0, 0.05) is 25.2 Å². The lowest BCUT2D eigenvalue weighted by Crippen LogP contribution is -2.31. The zero-order valence-electron chi connectivity index (χ0n) is 11.5. The van der Waals surface area contributed by atoms with E-state index in [0.717, 1.165) is 42.8 Å². The molecule has 1 aliphatic heterocycles. The largest absolute Gasteiger partial charge is 0.356 e. The monoisotopic (exact) mass is 270 g/mol. The lowest BCUT2D eigenvalue weighted by molar-refractivity contribution is 0.574. The van der Waals surface area contributed by atoms with E-state index in [0.29, 0.717) is 6.04 Å². The van der Waals surface area contributed by atoms with Crippen LogP contribution in [0.25, 0.3) is 11.0 Å². The molecule has 1 aliphatic carbocycles. The third-order valence-electron chi connectivity index (χ3n) is 4.27. The first-order valence-corrected chi connectivity index (χ1v) is 7.46. The van der Waals surface area contributed by atoms with E-state index in [1.807, 2.05) is 10.6 Å². The molecule has 5 heteroatoms. The summed E-state index contributed by atoms with van der Waals surface area (Å²) in [6.07, 6.45) is 7.50. The van der Waals surface area contributed by atoms with Gasteiger partial charge in [0.05, 0.1) is 5.39 Å². The van der Waals surface area contributed by atoms with Crippen LogP contribution in [-0.2, 0) is 0 Å². The van der Waals surface area contributed by atoms with E-state index >= 15 is 0 Å². The maximum Gasteiger partial charge on any atom is 0.252 e. The predicted molar refractivity (Wildman–Crippen MR) is 78.1 cm³/mol. The van der Waals surface area contributed by atoms with Gasteiger partial charge in [-0.25, -0.2) is 9.97 Å². The van der Waals surface area contributed by atoms with Crippen molar-refractivity contribution < 1.29 is 0 Å². The summed E-state index contributed by atoms with van der Waals surface area (Å²) in [6.45, 7) is 2.10. The third kappa shape index (κ3) is 1.88. The number of hydrogen-bond acceptors (Lipinski definition) is 4. The lowest BCUT2D eigenvalue weighted by atomic mass is 10.1. The van der Waals surface area contributed by atoms with Gasteiger partial charge in [-0.05, 0) is 38.2 Å². The number of anilines is 1. The molecule has 2 aliphatic rings. The number of fused-ring (bicyclic) bond motifs is 1. The molecule has 0 unspecified atom stereocenters. The van der Waals surface area contributed by atoms with Crippen LogP contribution in [0.5, 0.6) is 0 Å². The second kappa shape index (κ2) is 4.58. The molecular formula is C15H18N4O. The molecule has 1 saturated heterocycles. The number of aromatic nitrogens is 3. The van der Waals surface area contributed by atoms with Crippen LogP contribution in [-0.4, -0.2) is 27.6 Å². The molecule has 0 spiro atoms. The molecule has 5 nitrogen and oxygen atoms in total. The van der Waals surface area contributed by atoms with Gasteiger partial charge in [0.2, 0.25) is 0 Å². The summed E-state index contributed by atoms with van der Waals surface area (Å²) in [5, 5.41) is 1.01. The Kier molecular flexibility index (Phi) is 2.72. The van der Waals surface area contributed by atoms with Crippen LogP contribution >= 0.6 is 0 Å². The van der Waals surface area contributed by atoms with Gasteiger partial charge >= 0.3 is 0 Å². The highest BCUT2D eigenvalue weighted by atomic mass is 16.1. The van der Waals surface area contributed by atoms with E-state index in [-0.39, 0.29) is 5.56 Å². The van der Waals surface area contributed by atoms with Crippen molar-refractivity contribution in [1.82, 2.24) is 14.5 Å². The van der Waals surface area contributed by atoms with E-state index in [1.54, 1.807) is 12.4 Å². The van der Waals surface area contributed by atoms with Crippen LogP contribution in [0.15, 0.2) is 23.3 Å². The molecular weight excluding hydrogens is 252 g/mol. The van der Waals surface area contributed by atoms with Crippen LogP contribution < -0.4 is 10.5 Å². The van der Waals surface area contributed by atoms with Gasteiger partial charge in [0.1, 0.15) is 17.8 Å². The molecule has 1 saturated carbocycles. The average Bonchev–Trinajstić information content (AvgIpc) is 3.32. The maximum absolute atomic E-state index is 12.1. The van der Waals surface area contributed by atoms with Gasteiger partial charge < -0.3 is 4.90 Å². The van der Waals surface area contributed by atoms with Gasteiger partial charge in [0.15, 0.2) is 0 Å². The SMILES string of the molecule is O=c1ccc2c(N3CCCCC3)ncnc2n1C1CC1. The van der Waals surface area contributed by atoms with Crippen molar-refractivity contribution >= 4 is 16.9 Å². The summed E-state index contributed by atoms with van der Waals surface area (Å²) in [5.41, 5.74) is 0.860. The number of pyridine rings is 1. The van der Waals surface area contributed by atoms with E-state index in [9.17, 15) is 4.79 Å². The topological polar surface area (TPSA) is 51.0 Å².